The molecule has 2 aromatic heterocycles. The van der Waals surface area contributed by atoms with Gasteiger partial charge < -0.3 is 15.3 Å². The number of piperidine rings is 1. The van der Waals surface area contributed by atoms with E-state index in [0.29, 0.717) is 40.4 Å². The molecule has 0 radical (unpaired) electrons. The van der Waals surface area contributed by atoms with Gasteiger partial charge >= 0.3 is 0 Å². The van der Waals surface area contributed by atoms with E-state index in [1.807, 2.05) is 11.8 Å². The molecule has 2 aliphatic heterocycles. The fourth-order valence-electron chi connectivity index (χ4n) is 5.49. The van der Waals surface area contributed by atoms with Gasteiger partial charge in [0.2, 0.25) is 0 Å². The number of nitrogens with one attached hydrogen (secondary N) is 2. The molecule has 186 valence electrons. The van der Waals surface area contributed by atoms with Crippen LogP contribution in [0.5, 0.6) is 5.75 Å². The van der Waals surface area contributed by atoms with Crippen molar-refractivity contribution in [2.75, 3.05) is 32.7 Å². The number of fused-ring (bicyclic) bond motifs is 1. The van der Waals surface area contributed by atoms with E-state index in [0.717, 1.165) is 32.2 Å². The van der Waals surface area contributed by atoms with Crippen LogP contribution in [0.2, 0.25) is 0 Å². The van der Waals surface area contributed by atoms with Gasteiger partial charge in [0, 0.05) is 43.3 Å². The van der Waals surface area contributed by atoms with E-state index in [4.69, 9.17) is 0 Å². The van der Waals surface area contributed by atoms with E-state index < -0.39 is 5.82 Å². The lowest BCUT2D eigenvalue weighted by Gasteiger charge is -2.45. The van der Waals surface area contributed by atoms with Gasteiger partial charge in [-0.2, -0.15) is 5.10 Å². The largest absolute Gasteiger partial charge is 0.508 e. The van der Waals surface area contributed by atoms with Crippen molar-refractivity contribution in [3.05, 3.63) is 41.3 Å². The molecular formula is C26H33FN6O2. The molecule has 35 heavy (non-hydrogen) atoms. The van der Waals surface area contributed by atoms with E-state index in [1.165, 1.54) is 25.0 Å². The number of hydrogen-bond donors (Lipinski definition) is 3. The molecule has 8 nitrogen and oxygen atoms in total. The molecule has 0 aliphatic carbocycles. The van der Waals surface area contributed by atoms with Crippen molar-refractivity contribution in [3.8, 4) is 17.0 Å². The van der Waals surface area contributed by atoms with Crippen molar-refractivity contribution >= 4 is 16.9 Å². The van der Waals surface area contributed by atoms with Crippen molar-refractivity contribution in [2.45, 2.75) is 45.7 Å². The summed E-state index contributed by atoms with van der Waals surface area (Å²) in [6.07, 6.45) is 2.40. The molecule has 2 fully saturated rings. The smallest absolute Gasteiger partial charge is 0.255 e. The van der Waals surface area contributed by atoms with Gasteiger partial charge in [0.05, 0.1) is 22.3 Å². The number of carbonyl (C=O) groups is 1. The topological polar surface area (TPSA) is 97.4 Å². The van der Waals surface area contributed by atoms with Crippen LogP contribution in [0.3, 0.4) is 0 Å². The van der Waals surface area contributed by atoms with Crippen LogP contribution in [0.15, 0.2) is 24.3 Å². The molecule has 3 aromatic rings. The standard InChI is InChI=1S/C26H33FN6O2/c1-15-13-33(16(2)12-32(15)14-18-6-8-28-9-7-18)26(35)21-11-23(20-5-4-19(34)10-22(20)27)29-25-24(21)17(3)30-31-25/h4-5,10-11,15-16,18,28,34H,6-9,12-14H2,1-3H3,(H,29,30,31)/t15-,16+/m1/s1. The Hall–Kier alpha value is -3.04. The molecule has 0 spiro atoms. The number of aromatic hydroxyl groups is 1. The molecule has 5 rings (SSSR count). The van der Waals surface area contributed by atoms with Gasteiger partial charge in [0.1, 0.15) is 11.6 Å². The number of benzene rings is 1. The molecule has 2 aliphatic rings. The maximum atomic E-state index is 14.6. The summed E-state index contributed by atoms with van der Waals surface area (Å²) < 4.78 is 14.6. The van der Waals surface area contributed by atoms with Crippen LogP contribution in [0.1, 0.15) is 42.7 Å². The number of phenolic OH excluding ortho intramolecular Hbond substituents is 1. The van der Waals surface area contributed by atoms with E-state index in [2.05, 4.69) is 39.2 Å². The predicted octanol–water partition coefficient (Wildman–Crippen LogP) is 3.31. The second kappa shape index (κ2) is 9.54. The van der Waals surface area contributed by atoms with Gasteiger partial charge in [-0.15, -0.1) is 0 Å². The van der Waals surface area contributed by atoms with Crippen LogP contribution in [-0.4, -0.2) is 80.8 Å². The van der Waals surface area contributed by atoms with Gasteiger partial charge in [0.15, 0.2) is 5.65 Å². The normalized spacial score (nSPS) is 22.1. The van der Waals surface area contributed by atoms with E-state index in [-0.39, 0.29) is 29.3 Å². The summed E-state index contributed by atoms with van der Waals surface area (Å²) in [7, 11) is 0. The van der Waals surface area contributed by atoms with Crippen LogP contribution < -0.4 is 5.32 Å². The first-order valence-corrected chi connectivity index (χ1v) is 12.4. The second-order valence-corrected chi connectivity index (χ2v) is 10.1. The van der Waals surface area contributed by atoms with Crippen molar-refractivity contribution in [3.63, 3.8) is 0 Å². The minimum absolute atomic E-state index is 0.0460. The number of hydrogen-bond acceptors (Lipinski definition) is 6. The number of nitrogens with zero attached hydrogens (tertiary/aromatic N) is 4. The highest BCUT2D eigenvalue weighted by Crippen LogP contribution is 2.31. The predicted molar refractivity (Wildman–Crippen MR) is 133 cm³/mol. The number of aryl methyl sites for hydroxylation is 1. The van der Waals surface area contributed by atoms with Crippen LogP contribution in [0.25, 0.3) is 22.3 Å². The number of rotatable bonds is 4. The lowest BCUT2D eigenvalue weighted by atomic mass is 9.95. The Morgan fingerprint density at radius 2 is 1.94 bits per heavy atom. The van der Waals surface area contributed by atoms with Gasteiger partial charge in [-0.25, -0.2) is 9.37 Å². The highest BCUT2D eigenvalue weighted by molar-refractivity contribution is 6.07. The monoisotopic (exact) mass is 480 g/mol. The molecule has 1 amide bonds. The van der Waals surface area contributed by atoms with Gasteiger partial charge in [-0.05, 0) is 70.8 Å². The second-order valence-electron chi connectivity index (χ2n) is 10.1. The van der Waals surface area contributed by atoms with E-state index >= 15 is 0 Å². The minimum Gasteiger partial charge on any atom is -0.508 e. The number of H-pyrrole nitrogens is 1. The molecule has 0 bridgehead atoms. The van der Waals surface area contributed by atoms with Crippen LogP contribution in [0, 0.1) is 18.7 Å². The summed E-state index contributed by atoms with van der Waals surface area (Å²) in [6.45, 7) is 10.8. The molecule has 9 heteroatoms. The van der Waals surface area contributed by atoms with Gasteiger partial charge in [-0.1, -0.05) is 0 Å². The third-order valence-corrected chi connectivity index (χ3v) is 7.50. The molecule has 0 saturated carbocycles. The number of phenols is 1. The average molecular weight is 481 g/mol. The van der Waals surface area contributed by atoms with Gasteiger partial charge in [0.25, 0.3) is 5.91 Å². The fourth-order valence-corrected chi connectivity index (χ4v) is 5.49. The molecule has 0 unspecified atom stereocenters. The number of halogens is 1. The average Bonchev–Trinajstić information content (AvgIpc) is 3.21. The molecule has 2 saturated heterocycles. The summed E-state index contributed by atoms with van der Waals surface area (Å²) in [4.78, 5) is 22.9. The Morgan fingerprint density at radius 3 is 2.69 bits per heavy atom. The maximum Gasteiger partial charge on any atom is 0.255 e. The Bertz CT molecular complexity index is 1240. The first-order chi connectivity index (χ1) is 16.8. The fraction of sp³-hybridized carbons (Fsp3) is 0.500. The number of pyridine rings is 1. The van der Waals surface area contributed by atoms with Crippen LogP contribution in [-0.2, 0) is 0 Å². The summed E-state index contributed by atoms with van der Waals surface area (Å²) in [5.74, 6) is -0.154. The lowest BCUT2D eigenvalue weighted by molar-refractivity contribution is 0.0249. The van der Waals surface area contributed by atoms with Crippen molar-refractivity contribution in [1.29, 1.82) is 0 Å². The number of aromatic amines is 1. The van der Waals surface area contributed by atoms with E-state index in [1.54, 1.807) is 6.07 Å². The highest BCUT2D eigenvalue weighted by atomic mass is 19.1. The van der Waals surface area contributed by atoms with Crippen LogP contribution >= 0.6 is 0 Å². The third-order valence-electron chi connectivity index (χ3n) is 7.50. The Kier molecular flexibility index (Phi) is 6.46. The van der Waals surface area contributed by atoms with Crippen molar-refractivity contribution < 1.29 is 14.3 Å². The SMILES string of the molecule is Cc1n[nH]c2nc(-c3ccc(O)cc3F)cc(C(=O)N3C[C@@H](C)N(CC4CCNCC4)C[C@@H]3C)c12. The first kappa shape index (κ1) is 23.7. The third kappa shape index (κ3) is 4.62. The Labute approximate surface area is 204 Å². The first-order valence-electron chi connectivity index (χ1n) is 12.4. The lowest BCUT2D eigenvalue weighted by Crippen LogP contribution is -2.59. The molecule has 1 aromatic carbocycles. The molecular weight excluding hydrogens is 447 g/mol. The number of carbonyl (C=O) groups excluding carboxylic acids is 1. The summed E-state index contributed by atoms with van der Waals surface area (Å²) in [6, 6.07) is 5.88. The molecule has 2 atom stereocenters. The number of amides is 1. The number of aromatic nitrogens is 3. The zero-order valence-electron chi connectivity index (χ0n) is 20.5. The number of piperazine rings is 1. The van der Waals surface area contributed by atoms with Gasteiger partial charge in [-0.3, -0.25) is 14.8 Å². The minimum atomic E-state index is -0.597. The zero-order valence-corrected chi connectivity index (χ0v) is 20.5. The van der Waals surface area contributed by atoms with Crippen LogP contribution in [0.4, 0.5) is 4.39 Å². The zero-order chi connectivity index (χ0) is 24.7. The van der Waals surface area contributed by atoms with Crippen molar-refractivity contribution in [2.24, 2.45) is 5.92 Å². The summed E-state index contributed by atoms with van der Waals surface area (Å²) in [5, 5.41) is 20.8. The van der Waals surface area contributed by atoms with Crippen molar-refractivity contribution in [1.82, 2.24) is 30.3 Å². The Balaban J connectivity index is 1.44. The highest BCUT2D eigenvalue weighted by Gasteiger charge is 2.35. The summed E-state index contributed by atoms with van der Waals surface area (Å²) in [5.41, 5.74) is 2.14. The Morgan fingerprint density at radius 1 is 1.17 bits per heavy atom. The molecule has 3 N–H and O–H groups in total. The molecule has 4 heterocycles. The summed E-state index contributed by atoms with van der Waals surface area (Å²) >= 11 is 0. The maximum absolute atomic E-state index is 14.6. The van der Waals surface area contributed by atoms with E-state index in [9.17, 15) is 14.3 Å². The quantitative estimate of drug-likeness (QED) is 0.530.